The van der Waals surface area contributed by atoms with Crippen molar-refractivity contribution in [1.82, 2.24) is 9.97 Å². The molecule has 1 atom stereocenters. The molecule has 10 heteroatoms. The third-order valence-electron chi connectivity index (χ3n) is 4.53. The Morgan fingerprint density at radius 1 is 1.24 bits per heavy atom. The number of thiophene rings is 1. The van der Waals surface area contributed by atoms with Crippen LogP contribution in [0.2, 0.25) is 0 Å². The molecular weight excluding hydrogens is 410 g/mol. The number of nitrogens with zero attached hydrogens (tertiary/aromatic N) is 2. The number of aromatic nitrogens is 2. The third-order valence-corrected chi connectivity index (χ3v) is 6.70. The third kappa shape index (κ3) is 5.18. The minimum atomic E-state index is -0.506. The molecule has 2 aromatic rings. The van der Waals surface area contributed by atoms with E-state index in [1.165, 1.54) is 17.4 Å². The molecule has 0 bridgehead atoms. The van der Waals surface area contributed by atoms with Crippen molar-refractivity contribution >= 4 is 51.6 Å². The topological polar surface area (TPSA) is 133 Å². The van der Waals surface area contributed by atoms with Crippen molar-refractivity contribution in [1.29, 1.82) is 0 Å². The van der Waals surface area contributed by atoms with Crippen molar-refractivity contribution in [3.05, 3.63) is 22.1 Å². The van der Waals surface area contributed by atoms with Crippen molar-refractivity contribution in [3.8, 4) is 0 Å². The van der Waals surface area contributed by atoms with Gasteiger partial charge >= 0.3 is 5.97 Å². The highest BCUT2D eigenvalue weighted by molar-refractivity contribution is 8.00. The molecule has 0 radical (unpaired) electrons. The maximum atomic E-state index is 12.8. The standard InChI is InChI=1S/C19H25N5O3S2/c1-3-27-18(26)15-11-7-5-4-6-8-12(11)29-17(15)24-16(25)10(2)28-19-22-13(20)9-14(21)23-19/h9-10H,3-8H2,1-2H3,(H,24,25)(H4,20,21,22,23). The van der Waals surface area contributed by atoms with Gasteiger partial charge in [0.25, 0.3) is 0 Å². The van der Waals surface area contributed by atoms with Gasteiger partial charge in [-0.15, -0.1) is 11.3 Å². The Labute approximate surface area is 177 Å². The van der Waals surface area contributed by atoms with Gasteiger partial charge in [-0.05, 0) is 45.1 Å². The Hall–Kier alpha value is -2.33. The number of aryl methyl sites for hydroxylation is 1. The number of fused-ring (bicyclic) bond motifs is 1. The fourth-order valence-corrected chi connectivity index (χ4v) is 5.27. The fraction of sp³-hybridized carbons (Fsp3) is 0.474. The molecule has 3 rings (SSSR count). The Morgan fingerprint density at radius 2 is 1.93 bits per heavy atom. The van der Waals surface area contributed by atoms with Crippen LogP contribution >= 0.6 is 23.1 Å². The lowest BCUT2D eigenvalue weighted by Crippen LogP contribution is -2.23. The summed E-state index contributed by atoms with van der Waals surface area (Å²) in [4.78, 5) is 34.8. The summed E-state index contributed by atoms with van der Waals surface area (Å²) in [5.74, 6) is -0.130. The number of ether oxygens (including phenoxy) is 1. The van der Waals surface area contributed by atoms with Gasteiger partial charge in [0, 0.05) is 10.9 Å². The van der Waals surface area contributed by atoms with Crippen LogP contribution < -0.4 is 16.8 Å². The number of amides is 1. The van der Waals surface area contributed by atoms with Crippen LogP contribution in [0.3, 0.4) is 0 Å². The van der Waals surface area contributed by atoms with Crippen LogP contribution in [-0.4, -0.2) is 33.7 Å². The Morgan fingerprint density at radius 3 is 2.62 bits per heavy atom. The summed E-state index contributed by atoms with van der Waals surface area (Å²) in [5.41, 5.74) is 12.9. The van der Waals surface area contributed by atoms with E-state index in [2.05, 4.69) is 15.3 Å². The largest absolute Gasteiger partial charge is 0.462 e. The predicted molar refractivity (Wildman–Crippen MR) is 116 cm³/mol. The second-order valence-corrected chi connectivity index (χ2v) is 9.15. The summed E-state index contributed by atoms with van der Waals surface area (Å²) in [7, 11) is 0. The lowest BCUT2D eigenvalue weighted by Gasteiger charge is -2.12. The van der Waals surface area contributed by atoms with Gasteiger partial charge in [-0.1, -0.05) is 18.2 Å². The Balaban J connectivity index is 1.80. The number of carbonyl (C=O) groups is 2. The van der Waals surface area contributed by atoms with Crippen LogP contribution in [0.5, 0.6) is 0 Å². The van der Waals surface area contributed by atoms with E-state index in [-0.39, 0.29) is 30.1 Å². The zero-order valence-corrected chi connectivity index (χ0v) is 18.1. The van der Waals surface area contributed by atoms with E-state index in [4.69, 9.17) is 16.2 Å². The molecular formula is C19H25N5O3S2. The lowest BCUT2D eigenvalue weighted by molar-refractivity contribution is -0.115. The summed E-state index contributed by atoms with van der Waals surface area (Å²) in [6, 6.07) is 1.46. The number of nitrogens with one attached hydrogen (secondary N) is 1. The highest BCUT2D eigenvalue weighted by Gasteiger charge is 2.28. The minimum Gasteiger partial charge on any atom is -0.462 e. The van der Waals surface area contributed by atoms with E-state index >= 15 is 0 Å². The highest BCUT2D eigenvalue weighted by atomic mass is 32.2. The fourth-order valence-electron chi connectivity index (χ4n) is 3.19. The van der Waals surface area contributed by atoms with Crippen molar-refractivity contribution in [2.45, 2.75) is 56.4 Å². The highest BCUT2D eigenvalue weighted by Crippen LogP contribution is 2.38. The van der Waals surface area contributed by atoms with Gasteiger partial charge in [0.2, 0.25) is 5.91 Å². The first-order valence-electron chi connectivity index (χ1n) is 9.58. The maximum absolute atomic E-state index is 12.8. The van der Waals surface area contributed by atoms with E-state index in [0.29, 0.717) is 15.7 Å². The molecule has 8 nitrogen and oxygen atoms in total. The Bertz CT molecular complexity index is 895. The molecule has 2 aromatic heterocycles. The quantitative estimate of drug-likeness (QED) is 0.272. The molecule has 1 unspecified atom stereocenters. The van der Waals surface area contributed by atoms with Crippen LogP contribution in [0.25, 0.3) is 0 Å². The summed E-state index contributed by atoms with van der Waals surface area (Å²) >= 11 is 2.63. The van der Waals surface area contributed by atoms with Crippen LogP contribution in [0, 0.1) is 0 Å². The van der Waals surface area contributed by atoms with Gasteiger partial charge in [-0.3, -0.25) is 4.79 Å². The van der Waals surface area contributed by atoms with Crippen molar-refractivity contribution in [2.75, 3.05) is 23.4 Å². The number of hydrogen-bond acceptors (Lipinski definition) is 9. The molecule has 0 saturated heterocycles. The molecule has 0 aromatic carbocycles. The average molecular weight is 436 g/mol. The molecule has 5 N–H and O–H groups in total. The SMILES string of the molecule is CCOC(=O)c1c(NC(=O)C(C)Sc2nc(N)cc(N)n2)sc2c1CCCCC2. The summed E-state index contributed by atoms with van der Waals surface area (Å²) < 4.78 is 5.26. The number of esters is 1. The van der Waals surface area contributed by atoms with Crippen LogP contribution in [0.4, 0.5) is 16.6 Å². The first-order chi connectivity index (χ1) is 13.9. The molecule has 156 valence electrons. The van der Waals surface area contributed by atoms with Gasteiger partial charge < -0.3 is 21.5 Å². The molecule has 29 heavy (non-hydrogen) atoms. The summed E-state index contributed by atoms with van der Waals surface area (Å²) in [6.07, 6.45) is 5.01. The monoisotopic (exact) mass is 435 g/mol. The first kappa shape index (κ1) is 21.4. The normalized spacial score (nSPS) is 14.6. The molecule has 0 saturated carbocycles. The zero-order valence-electron chi connectivity index (χ0n) is 16.5. The predicted octanol–water partition coefficient (Wildman–Crippen LogP) is 3.27. The van der Waals surface area contributed by atoms with E-state index in [0.717, 1.165) is 54.3 Å². The summed E-state index contributed by atoms with van der Waals surface area (Å²) in [5, 5.41) is 3.30. The minimum absolute atomic E-state index is 0.249. The van der Waals surface area contributed by atoms with Gasteiger partial charge in [0.05, 0.1) is 17.4 Å². The molecule has 0 fully saturated rings. The van der Waals surface area contributed by atoms with E-state index in [1.54, 1.807) is 13.8 Å². The van der Waals surface area contributed by atoms with Gasteiger partial charge in [0.1, 0.15) is 16.6 Å². The van der Waals surface area contributed by atoms with E-state index in [9.17, 15) is 9.59 Å². The van der Waals surface area contributed by atoms with Gasteiger partial charge in [-0.2, -0.15) is 0 Å². The number of carbonyl (C=O) groups excluding carboxylic acids is 2. The number of nitrogen functional groups attached to an aromatic ring is 2. The number of hydrogen-bond donors (Lipinski definition) is 3. The van der Waals surface area contributed by atoms with Crippen molar-refractivity contribution in [3.63, 3.8) is 0 Å². The maximum Gasteiger partial charge on any atom is 0.341 e. The number of nitrogens with two attached hydrogens (primary N) is 2. The molecule has 0 spiro atoms. The lowest BCUT2D eigenvalue weighted by atomic mass is 10.1. The van der Waals surface area contributed by atoms with E-state index < -0.39 is 5.25 Å². The average Bonchev–Trinajstić information content (AvgIpc) is 2.81. The molecule has 1 aliphatic carbocycles. The van der Waals surface area contributed by atoms with Gasteiger partial charge in [-0.25, -0.2) is 14.8 Å². The van der Waals surface area contributed by atoms with Crippen LogP contribution in [-0.2, 0) is 22.4 Å². The first-order valence-corrected chi connectivity index (χ1v) is 11.3. The smallest absolute Gasteiger partial charge is 0.341 e. The summed E-state index contributed by atoms with van der Waals surface area (Å²) in [6.45, 7) is 3.81. The number of thioether (sulfide) groups is 1. The number of rotatable bonds is 6. The van der Waals surface area contributed by atoms with Crippen molar-refractivity contribution in [2.24, 2.45) is 0 Å². The van der Waals surface area contributed by atoms with Crippen molar-refractivity contribution < 1.29 is 14.3 Å². The second kappa shape index (κ2) is 9.45. The molecule has 2 heterocycles. The molecule has 0 aliphatic heterocycles. The van der Waals surface area contributed by atoms with E-state index in [1.807, 2.05) is 0 Å². The second-order valence-electron chi connectivity index (χ2n) is 6.74. The number of anilines is 3. The van der Waals surface area contributed by atoms with Crippen LogP contribution in [0.15, 0.2) is 11.2 Å². The molecule has 1 amide bonds. The van der Waals surface area contributed by atoms with Gasteiger partial charge in [0.15, 0.2) is 5.16 Å². The van der Waals surface area contributed by atoms with Crippen LogP contribution in [0.1, 0.15) is 53.9 Å². The Kier molecular flexibility index (Phi) is 6.96. The zero-order chi connectivity index (χ0) is 21.0. The molecule has 1 aliphatic rings.